The summed E-state index contributed by atoms with van der Waals surface area (Å²) >= 11 is 6.16. The molecule has 0 saturated carbocycles. The fourth-order valence-electron chi connectivity index (χ4n) is 4.38. The third kappa shape index (κ3) is 4.49. The van der Waals surface area contributed by atoms with E-state index < -0.39 is 16.1 Å². The average Bonchev–Trinajstić information content (AvgIpc) is 3.22. The van der Waals surface area contributed by atoms with E-state index in [1.807, 2.05) is 55.5 Å². The van der Waals surface area contributed by atoms with Crippen molar-refractivity contribution in [2.75, 3.05) is 20.6 Å². The molecule has 0 bridgehead atoms. The summed E-state index contributed by atoms with van der Waals surface area (Å²) in [6.07, 6.45) is 0. The Balaban J connectivity index is 1.95. The van der Waals surface area contributed by atoms with Crippen LogP contribution in [0.25, 0.3) is 0 Å². The number of sulfonamides is 1. The van der Waals surface area contributed by atoms with E-state index in [1.54, 1.807) is 49.4 Å². The minimum Gasteiger partial charge on any atom is -0.358 e. The lowest BCUT2D eigenvalue weighted by Crippen LogP contribution is -2.49. The van der Waals surface area contributed by atoms with E-state index in [9.17, 15) is 8.42 Å². The summed E-state index contributed by atoms with van der Waals surface area (Å²) in [5.41, 5.74) is 2.79. The van der Waals surface area contributed by atoms with Gasteiger partial charge in [-0.15, -0.1) is 0 Å². The second kappa shape index (κ2) is 9.55. The Morgan fingerprint density at radius 2 is 1.70 bits per heavy atom. The molecule has 6 nitrogen and oxygen atoms in total. The van der Waals surface area contributed by atoms with Crippen LogP contribution in [0.1, 0.15) is 28.7 Å². The number of aliphatic imine (C=N–C) groups is 1. The van der Waals surface area contributed by atoms with E-state index in [-0.39, 0.29) is 10.8 Å². The molecular weight excluding hydrogens is 456 g/mol. The number of halogens is 1. The highest BCUT2D eigenvalue weighted by Crippen LogP contribution is 2.46. The Morgan fingerprint density at radius 3 is 2.30 bits per heavy atom. The fourth-order valence-corrected chi connectivity index (χ4v) is 6.28. The summed E-state index contributed by atoms with van der Waals surface area (Å²) in [7, 11) is -0.526. The summed E-state index contributed by atoms with van der Waals surface area (Å²) in [5, 5.41) is 5.39. The molecule has 1 fully saturated rings. The first-order valence-electron chi connectivity index (χ1n) is 10.7. The zero-order valence-corrected chi connectivity index (χ0v) is 20.4. The van der Waals surface area contributed by atoms with Gasteiger partial charge in [0, 0.05) is 31.6 Å². The number of guanidine groups is 1. The van der Waals surface area contributed by atoms with Crippen LogP contribution in [0.4, 0.5) is 0 Å². The minimum atomic E-state index is -3.92. The van der Waals surface area contributed by atoms with E-state index in [0.29, 0.717) is 17.5 Å². The number of hydrogen-bond acceptors (Lipinski definition) is 3. The number of rotatable bonds is 4. The van der Waals surface area contributed by atoms with Gasteiger partial charge in [-0.2, -0.15) is 0 Å². The van der Waals surface area contributed by atoms with Gasteiger partial charge in [0.15, 0.2) is 0 Å². The second-order valence-electron chi connectivity index (χ2n) is 7.99. The molecule has 0 radical (unpaired) electrons. The predicted molar refractivity (Wildman–Crippen MR) is 133 cm³/mol. The summed E-state index contributed by atoms with van der Waals surface area (Å²) < 4.78 is 29.7. The molecule has 4 rings (SSSR count). The summed E-state index contributed by atoms with van der Waals surface area (Å²) in [5.74, 6) is 0.348. The molecule has 0 aliphatic carbocycles. The van der Waals surface area contributed by atoms with Gasteiger partial charge in [0.2, 0.25) is 5.96 Å². The van der Waals surface area contributed by atoms with Gasteiger partial charge in [0.25, 0.3) is 10.0 Å². The van der Waals surface area contributed by atoms with Crippen molar-refractivity contribution in [2.45, 2.75) is 23.8 Å². The molecule has 3 aromatic carbocycles. The van der Waals surface area contributed by atoms with Crippen molar-refractivity contribution in [1.29, 1.82) is 0 Å². The number of nitrogens with one attached hydrogen (secondary N) is 1. The van der Waals surface area contributed by atoms with Gasteiger partial charge in [-0.25, -0.2) is 8.42 Å². The van der Waals surface area contributed by atoms with Gasteiger partial charge < -0.3 is 5.32 Å². The van der Waals surface area contributed by atoms with Crippen LogP contribution >= 0.6 is 11.6 Å². The molecule has 1 aliphatic rings. The topological polar surface area (TPSA) is 65.0 Å². The Bertz CT molecular complexity index is 1250. The SMILES string of the molecule is CN=C(NC)N1CC(c2ccccc2)C(c2ccc(Cl)cc2)N1S(=O)(=O)c1cccc(C)c1. The van der Waals surface area contributed by atoms with Crippen LogP contribution in [0.5, 0.6) is 0 Å². The Kier molecular flexibility index (Phi) is 6.74. The molecule has 0 amide bonds. The lowest BCUT2D eigenvalue weighted by molar-refractivity contribution is 0.173. The highest BCUT2D eigenvalue weighted by Gasteiger charge is 2.49. The first-order valence-corrected chi connectivity index (χ1v) is 12.5. The van der Waals surface area contributed by atoms with Crippen LogP contribution in [0.2, 0.25) is 5.02 Å². The van der Waals surface area contributed by atoms with Crippen molar-refractivity contribution in [3.05, 3.63) is 101 Å². The zero-order chi connectivity index (χ0) is 23.6. The Labute approximate surface area is 200 Å². The molecule has 3 aromatic rings. The van der Waals surface area contributed by atoms with Crippen molar-refractivity contribution >= 4 is 27.6 Å². The highest BCUT2D eigenvalue weighted by atomic mass is 35.5. The number of benzene rings is 3. The van der Waals surface area contributed by atoms with Crippen LogP contribution in [-0.4, -0.2) is 44.4 Å². The maximum atomic E-state index is 14.1. The molecule has 1 heterocycles. The average molecular weight is 483 g/mol. The minimum absolute atomic E-state index is 0.128. The molecule has 2 atom stereocenters. The molecule has 1 N–H and O–H groups in total. The van der Waals surface area contributed by atoms with Crippen LogP contribution in [0.15, 0.2) is 88.8 Å². The lowest BCUT2D eigenvalue weighted by atomic mass is 9.89. The van der Waals surface area contributed by atoms with Crippen LogP contribution in [0.3, 0.4) is 0 Å². The lowest BCUT2D eigenvalue weighted by Gasteiger charge is -2.33. The normalized spacial score (nSPS) is 19.6. The molecule has 172 valence electrons. The monoisotopic (exact) mass is 482 g/mol. The Hall–Kier alpha value is -2.87. The first kappa shape index (κ1) is 23.3. The molecule has 0 spiro atoms. The molecule has 33 heavy (non-hydrogen) atoms. The van der Waals surface area contributed by atoms with E-state index in [4.69, 9.17) is 11.6 Å². The summed E-state index contributed by atoms with van der Waals surface area (Å²) in [4.78, 5) is 4.58. The van der Waals surface area contributed by atoms with Gasteiger partial charge in [-0.3, -0.25) is 10.0 Å². The fraction of sp³-hybridized carbons (Fsp3) is 0.240. The third-order valence-electron chi connectivity index (χ3n) is 5.88. The van der Waals surface area contributed by atoms with Crippen LogP contribution < -0.4 is 5.32 Å². The number of aryl methyl sites for hydroxylation is 1. The van der Waals surface area contributed by atoms with E-state index in [2.05, 4.69) is 10.3 Å². The molecule has 8 heteroatoms. The molecule has 0 aromatic heterocycles. The number of hydrogen-bond donors (Lipinski definition) is 1. The standard InChI is InChI=1S/C25H27ClN4O2S/c1-18-8-7-11-22(16-18)33(31,32)30-24(20-12-14-21(26)15-13-20)23(19-9-5-4-6-10-19)17-29(30)25(27-2)28-3/h4-16,23-24H,17H2,1-3H3,(H,27,28). The molecule has 1 saturated heterocycles. The first-order chi connectivity index (χ1) is 15.9. The molecule has 1 aliphatic heterocycles. The molecular formula is C25H27ClN4O2S. The van der Waals surface area contributed by atoms with Crippen molar-refractivity contribution in [3.8, 4) is 0 Å². The largest absolute Gasteiger partial charge is 0.358 e. The van der Waals surface area contributed by atoms with E-state index in [1.165, 1.54) is 4.41 Å². The number of nitrogens with zero attached hydrogens (tertiary/aromatic N) is 3. The Morgan fingerprint density at radius 1 is 1.00 bits per heavy atom. The van der Waals surface area contributed by atoms with Crippen molar-refractivity contribution in [3.63, 3.8) is 0 Å². The van der Waals surface area contributed by atoms with Crippen molar-refractivity contribution in [2.24, 2.45) is 4.99 Å². The van der Waals surface area contributed by atoms with Gasteiger partial charge in [0.1, 0.15) is 0 Å². The van der Waals surface area contributed by atoms with Gasteiger partial charge >= 0.3 is 0 Å². The van der Waals surface area contributed by atoms with Gasteiger partial charge in [-0.05, 0) is 47.9 Å². The maximum Gasteiger partial charge on any atom is 0.260 e. The molecule has 2 unspecified atom stereocenters. The van der Waals surface area contributed by atoms with Gasteiger partial charge in [0.05, 0.1) is 10.9 Å². The van der Waals surface area contributed by atoms with Crippen molar-refractivity contribution in [1.82, 2.24) is 14.7 Å². The van der Waals surface area contributed by atoms with Gasteiger partial charge in [-0.1, -0.05) is 70.6 Å². The smallest absolute Gasteiger partial charge is 0.260 e. The number of hydrazine groups is 1. The maximum absolute atomic E-state index is 14.1. The zero-order valence-electron chi connectivity index (χ0n) is 18.8. The second-order valence-corrected chi connectivity index (χ2v) is 10.2. The summed E-state index contributed by atoms with van der Waals surface area (Å²) in [6.45, 7) is 2.33. The third-order valence-corrected chi connectivity index (χ3v) is 7.90. The summed E-state index contributed by atoms with van der Waals surface area (Å²) in [6, 6.07) is 23.9. The van der Waals surface area contributed by atoms with Crippen LogP contribution in [-0.2, 0) is 10.0 Å². The highest BCUT2D eigenvalue weighted by molar-refractivity contribution is 7.89. The van der Waals surface area contributed by atoms with Crippen LogP contribution in [0, 0.1) is 6.92 Å². The predicted octanol–water partition coefficient (Wildman–Crippen LogP) is 4.60. The van der Waals surface area contributed by atoms with E-state index in [0.717, 1.165) is 16.7 Å². The van der Waals surface area contributed by atoms with E-state index >= 15 is 0 Å². The van der Waals surface area contributed by atoms with Crippen molar-refractivity contribution < 1.29 is 8.42 Å². The quantitative estimate of drug-likeness (QED) is 0.436.